The predicted molar refractivity (Wildman–Crippen MR) is 97.3 cm³/mol. The SMILES string of the molecule is CCCCn1c(=O)n(Cc2ccc(OC)cc2)c(=O)c2ncccc21. The fourth-order valence-corrected chi connectivity index (χ4v) is 2.83. The Labute approximate surface area is 145 Å². The van der Waals surface area contributed by atoms with E-state index in [1.54, 1.807) is 30.0 Å². The lowest BCUT2D eigenvalue weighted by atomic mass is 10.2. The Balaban J connectivity index is 2.13. The lowest BCUT2D eigenvalue weighted by Gasteiger charge is -2.13. The summed E-state index contributed by atoms with van der Waals surface area (Å²) >= 11 is 0. The average Bonchev–Trinajstić information content (AvgIpc) is 2.65. The first-order valence-corrected chi connectivity index (χ1v) is 8.37. The Hall–Kier alpha value is -2.89. The standard InChI is InChI=1S/C19H21N3O3/c1-3-4-12-21-16-6-5-11-20-17(16)18(23)22(19(21)24)13-14-7-9-15(25-2)10-8-14/h5-11H,3-4,12-13H2,1-2H3. The first-order chi connectivity index (χ1) is 12.2. The number of pyridine rings is 1. The van der Waals surface area contributed by atoms with Crippen LogP contribution < -0.4 is 16.0 Å². The van der Waals surface area contributed by atoms with Gasteiger partial charge in [0.15, 0.2) is 5.52 Å². The molecule has 2 heterocycles. The highest BCUT2D eigenvalue weighted by Gasteiger charge is 2.14. The molecule has 130 valence electrons. The van der Waals surface area contributed by atoms with Gasteiger partial charge >= 0.3 is 5.69 Å². The van der Waals surface area contributed by atoms with Crippen molar-refractivity contribution < 1.29 is 4.74 Å². The van der Waals surface area contributed by atoms with E-state index in [0.29, 0.717) is 17.6 Å². The van der Waals surface area contributed by atoms with Crippen molar-refractivity contribution in [3.05, 3.63) is 69.0 Å². The van der Waals surface area contributed by atoms with Gasteiger partial charge in [-0.15, -0.1) is 0 Å². The summed E-state index contributed by atoms with van der Waals surface area (Å²) < 4.78 is 8.05. The zero-order valence-electron chi connectivity index (χ0n) is 14.4. The maximum Gasteiger partial charge on any atom is 0.331 e. The van der Waals surface area contributed by atoms with E-state index in [9.17, 15) is 9.59 Å². The van der Waals surface area contributed by atoms with Crippen LogP contribution >= 0.6 is 0 Å². The van der Waals surface area contributed by atoms with Crippen LogP contribution in [0.5, 0.6) is 5.75 Å². The number of ether oxygens (including phenoxy) is 1. The van der Waals surface area contributed by atoms with Crippen LogP contribution in [0.15, 0.2) is 52.2 Å². The summed E-state index contributed by atoms with van der Waals surface area (Å²) in [5, 5.41) is 0. The topological polar surface area (TPSA) is 66.1 Å². The van der Waals surface area contributed by atoms with Crippen molar-refractivity contribution >= 4 is 11.0 Å². The van der Waals surface area contributed by atoms with E-state index in [4.69, 9.17) is 4.74 Å². The lowest BCUT2D eigenvalue weighted by Crippen LogP contribution is -2.40. The Bertz CT molecular complexity index is 987. The number of aryl methyl sites for hydroxylation is 1. The molecule has 0 aliphatic rings. The molecule has 0 saturated heterocycles. The van der Waals surface area contributed by atoms with Crippen LogP contribution in [0.2, 0.25) is 0 Å². The van der Waals surface area contributed by atoms with Gasteiger partial charge in [-0.25, -0.2) is 9.78 Å². The second-order valence-corrected chi connectivity index (χ2v) is 5.90. The van der Waals surface area contributed by atoms with Crippen molar-refractivity contribution in [2.24, 2.45) is 0 Å². The maximum atomic E-state index is 12.9. The van der Waals surface area contributed by atoms with Gasteiger partial charge in [0.2, 0.25) is 0 Å². The Morgan fingerprint density at radius 3 is 2.52 bits per heavy atom. The molecule has 0 bridgehead atoms. The minimum Gasteiger partial charge on any atom is -0.497 e. The number of methoxy groups -OCH3 is 1. The van der Waals surface area contributed by atoms with E-state index in [-0.39, 0.29) is 17.8 Å². The van der Waals surface area contributed by atoms with Crippen molar-refractivity contribution in [1.29, 1.82) is 0 Å². The number of fused-ring (bicyclic) bond motifs is 1. The summed E-state index contributed by atoms with van der Waals surface area (Å²) in [5.41, 5.74) is 1.12. The third-order valence-electron chi connectivity index (χ3n) is 4.22. The molecule has 25 heavy (non-hydrogen) atoms. The summed E-state index contributed by atoms with van der Waals surface area (Å²) in [6, 6.07) is 10.9. The number of aromatic nitrogens is 3. The summed E-state index contributed by atoms with van der Waals surface area (Å²) in [6.45, 7) is 2.85. The Kier molecular flexibility index (Phi) is 4.97. The van der Waals surface area contributed by atoms with Gasteiger partial charge in [-0.3, -0.25) is 13.9 Å². The molecule has 6 nitrogen and oxygen atoms in total. The molecule has 6 heteroatoms. The van der Waals surface area contributed by atoms with Crippen molar-refractivity contribution in [3.8, 4) is 5.75 Å². The van der Waals surface area contributed by atoms with Crippen LogP contribution in [0.3, 0.4) is 0 Å². The first-order valence-electron chi connectivity index (χ1n) is 8.37. The van der Waals surface area contributed by atoms with Gasteiger partial charge < -0.3 is 4.74 Å². The first kappa shape index (κ1) is 17.0. The van der Waals surface area contributed by atoms with Crippen molar-refractivity contribution in [3.63, 3.8) is 0 Å². The fourth-order valence-electron chi connectivity index (χ4n) is 2.83. The molecule has 0 aliphatic carbocycles. The molecule has 3 rings (SSSR count). The highest BCUT2D eigenvalue weighted by atomic mass is 16.5. The van der Waals surface area contributed by atoms with Crippen LogP contribution in [0.1, 0.15) is 25.3 Å². The van der Waals surface area contributed by atoms with Gasteiger partial charge in [0, 0.05) is 12.7 Å². The number of hydrogen-bond donors (Lipinski definition) is 0. The molecule has 2 aromatic heterocycles. The molecular weight excluding hydrogens is 318 g/mol. The predicted octanol–water partition coefficient (Wildman–Crippen LogP) is 2.42. The van der Waals surface area contributed by atoms with Gasteiger partial charge in [0.25, 0.3) is 5.56 Å². The van der Waals surface area contributed by atoms with Gasteiger partial charge in [-0.05, 0) is 36.2 Å². The Morgan fingerprint density at radius 1 is 1.08 bits per heavy atom. The minimum atomic E-state index is -0.357. The second-order valence-electron chi connectivity index (χ2n) is 5.90. The number of benzene rings is 1. The van der Waals surface area contributed by atoms with Crippen molar-refractivity contribution in [2.45, 2.75) is 32.9 Å². The quantitative estimate of drug-likeness (QED) is 0.692. The van der Waals surface area contributed by atoms with E-state index >= 15 is 0 Å². The van der Waals surface area contributed by atoms with Gasteiger partial charge in [0.05, 0.1) is 19.2 Å². The molecule has 0 unspecified atom stereocenters. The third-order valence-corrected chi connectivity index (χ3v) is 4.22. The summed E-state index contributed by atoms with van der Waals surface area (Å²) in [5.74, 6) is 0.733. The number of unbranched alkanes of at least 4 members (excludes halogenated alkanes) is 1. The van der Waals surface area contributed by atoms with Gasteiger partial charge in [0.1, 0.15) is 5.75 Å². The molecule has 3 aromatic rings. The Morgan fingerprint density at radius 2 is 1.84 bits per heavy atom. The highest BCUT2D eigenvalue weighted by Crippen LogP contribution is 2.12. The van der Waals surface area contributed by atoms with E-state index in [0.717, 1.165) is 24.2 Å². The molecule has 0 N–H and O–H groups in total. The van der Waals surface area contributed by atoms with Crippen LogP contribution in [0.4, 0.5) is 0 Å². The van der Waals surface area contributed by atoms with E-state index in [1.165, 1.54) is 4.57 Å². The summed E-state index contributed by atoms with van der Waals surface area (Å²) in [6.07, 6.45) is 3.41. The van der Waals surface area contributed by atoms with Crippen molar-refractivity contribution in [1.82, 2.24) is 14.1 Å². The van der Waals surface area contributed by atoms with Crippen LogP contribution in [-0.4, -0.2) is 21.2 Å². The van der Waals surface area contributed by atoms with Crippen LogP contribution in [0.25, 0.3) is 11.0 Å². The highest BCUT2D eigenvalue weighted by molar-refractivity contribution is 5.73. The molecule has 0 saturated carbocycles. The van der Waals surface area contributed by atoms with Gasteiger partial charge in [-0.1, -0.05) is 25.5 Å². The van der Waals surface area contributed by atoms with Crippen LogP contribution in [-0.2, 0) is 13.1 Å². The molecule has 0 aliphatic heterocycles. The van der Waals surface area contributed by atoms with Crippen LogP contribution in [0, 0.1) is 0 Å². The molecule has 1 aromatic carbocycles. The fraction of sp³-hybridized carbons (Fsp3) is 0.316. The smallest absolute Gasteiger partial charge is 0.331 e. The molecule has 0 spiro atoms. The molecule has 0 amide bonds. The van der Waals surface area contributed by atoms with E-state index in [1.807, 2.05) is 24.3 Å². The summed E-state index contributed by atoms with van der Waals surface area (Å²) in [7, 11) is 1.60. The largest absolute Gasteiger partial charge is 0.497 e. The molecule has 0 radical (unpaired) electrons. The zero-order chi connectivity index (χ0) is 17.8. The van der Waals surface area contributed by atoms with E-state index < -0.39 is 0 Å². The summed E-state index contributed by atoms with van der Waals surface area (Å²) in [4.78, 5) is 29.9. The second kappa shape index (κ2) is 7.34. The zero-order valence-corrected chi connectivity index (χ0v) is 14.4. The van der Waals surface area contributed by atoms with Crippen molar-refractivity contribution in [2.75, 3.05) is 7.11 Å². The number of rotatable bonds is 6. The maximum absolute atomic E-state index is 12.9. The van der Waals surface area contributed by atoms with Gasteiger partial charge in [-0.2, -0.15) is 0 Å². The minimum absolute atomic E-state index is 0.209. The molecule has 0 atom stereocenters. The molecule has 0 fully saturated rings. The number of hydrogen-bond acceptors (Lipinski definition) is 4. The number of nitrogens with zero attached hydrogens (tertiary/aromatic N) is 3. The average molecular weight is 339 g/mol. The monoisotopic (exact) mass is 339 g/mol. The normalized spacial score (nSPS) is 11.0. The molecular formula is C19H21N3O3. The third kappa shape index (κ3) is 3.33. The van der Waals surface area contributed by atoms with E-state index in [2.05, 4.69) is 11.9 Å². The lowest BCUT2D eigenvalue weighted by molar-refractivity contribution is 0.414.